The van der Waals surface area contributed by atoms with E-state index in [1.807, 2.05) is 0 Å². The molecule has 3 rings (SSSR count). The van der Waals surface area contributed by atoms with E-state index in [9.17, 15) is 28.3 Å². The van der Waals surface area contributed by atoms with Gasteiger partial charge in [0, 0.05) is 11.5 Å². The topological polar surface area (TPSA) is 249 Å². The number of hydrogen-bond acceptors (Lipinski definition) is 10. The van der Waals surface area contributed by atoms with Gasteiger partial charge in [0.05, 0.1) is 12.9 Å². The second-order valence-electron chi connectivity index (χ2n) is 6.77. The first-order chi connectivity index (χ1) is 14.1. The van der Waals surface area contributed by atoms with Gasteiger partial charge < -0.3 is 29.9 Å². The number of nitrogens with zero attached hydrogens (tertiary/aromatic N) is 3. The molecule has 1 saturated carbocycles. The normalized spacial score (nSPS) is 25.5. The Balaban J connectivity index is 1.67. The van der Waals surface area contributed by atoms with Crippen LogP contribution in [-0.2, 0) is 26.8 Å². The summed E-state index contributed by atoms with van der Waals surface area (Å²) in [5.74, 6) is -0.0961. The van der Waals surface area contributed by atoms with Crippen LogP contribution in [0.4, 0.5) is 5.95 Å². The number of imidazole rings is 1. The van der Waals surface area contributed by atoms with E-state index in [0.29, 0.717) is 12.8 Å². The van der Waals surface area contributed by atoms with E-state index in [1.165, 1.54) is 12.4 Å². The molecule has 0 aromatic carbocycles. The summed E-state index contributed by atoms with van der Waals surface area (Å²) in [5, 5.41) is 0. The number of fused-ring (bicyclic) bond motifs is 1. The van der Waals surface area contributed by atoms with Crippen molar-refractivity contribution < 1.29 is 46.4 Å². The number of nitrogen functional groups attached to an aromatic ring is 1. The first-order valence-corrected chi connectivity index (χ1v) is 12.8. The van der Waals surface area contributed by atoms with Crippen LogP contribution in [0.25, 0.3) is 11.2 Å². The Kier molecular flexibility index (Phi) is 6.19. The number of aromatic nitrogens is 4. The summed E-state index contributed by atoms with van der Waals surface area (Å²) in [6.07, 6.45) is 3.44. The first-order valence-electron chi connectivity index (χ1n) is 8.29. The van der Waals surface area contributed by atoms with E-state index in [-0.39, 0.29) is 23.2 Å². The molecule has 2 aromatic rings. The largest absolute Gasteiger partial charge is 0.490 e. The first kappa shape index (κ1) is 24.0. The lowest BCUT2D eigenvalue weighted by Crippen LogP contribution is -2.40. The lowest BCUT2D eigenvalue weighted by molar-refractivity contribution is 0.0413. The van der Waals surface area contributed by atoms with Gasteiger partial charge in [0.15, 0.2) is 11.2 Å². The third-order valence-electron chi connectivity index (χ3n) is 4.49. The molecule has 2 heterocycles. The Morgan fingerprint density at radius 3 is 2.48 bits per heavy atom. The van der Waals surface area contributed by atoms with Crippen LogP contribution in [0.15, 0.2) is 23.8 Å². The molecule has 31 heavy (non-hydrogen) atoms. The molecule has 0 aliphatic heterocycles. The van der Waals surface area contributed by atoms with Crippen LogP contribution in [0, 0.1) is 5.41 Å². The molecule has 0 bridgehead atoms. The van der Waals surface area contributed by atoms with Crippen LogP contribution < -0.4 is 11.3 Å². The van der Waals surface area contributed by atoms with Gasteiger partial charge in [0.2, 0.25) is 5.95 Å². The molecule has 2 atom stereocenters. The number of aromatic amines is 1. The second-order valence-corrected chi connectivity index (χ2v) is 11.2. The molecule has 0 spiro atoms. The zero-order valence-corrected chi connectivity index (χ0v) is 18.2. The Morgan fingerprint density at radius 2 is 1.90 bits per heavy atom. The molecular weight excluding hydrogens is 483 g/mol. The van der Waals surface area contributed by atoms with Crippen molar-refractivity contribution in [3.63, 3.8) is 0 Å². The Morgan fingerprint density at radius 1 is 1.26 bits per heavy atom. The highest BCUT2D eigenvalue weighted by molar-refractivity contribution is 7.66. The lowest BCUT2D eigenvalue weighted by atomic mass is 9.66. The molecule has 1 aliphatic carbocycles. The number of nitrogens with two attached hydrogens (primary N) is 1. The minimum absolute atomic E-state index is 0.0820. The summed E-state index contributed by atoms with van der Waals surface area (Å²) in [5.41, 5.74) is 4.51. The number of phosphoric ester groups is 1. The van der Waals surface area contributed by atoms with Crippen molar-refractivity contribution in [3.8, 4) is 0 Å². The molecule has 7 N–H and O–H groups in total. The molecule has 16 nitrogen and oxygen atoms in total. The summed E-state index contributed by atoms with van der Waals surface area (Å²) < 4.78 is 47.6. The third kappa shape index (κ3) is 5.57. The third-order valence-corrected chi connectivity index (χ3v) is 8.28. The highest BCUT2D eigenvalue weighted by Crippen LogP contribution is 2.67. The van der Waals surface area contributed by atoms with Gasteiger partial charge >= 0.3 is 23.5 Å². The van der Waals surface area contributed by atoms with Crippen molar-refractivity contribution in [1.29, 1.82) is 0 Å². The summed E-state index contributed by atoms with van der Waals surface area (Å²) >= 11 is 0. The SMILES string of the molecule is C=CC1(COP(=O)(O)OP(=O)(O)OP(=O)(O)O)CC(n2cnc3c(=O)[nH]c(N)nc32)C1. The van der Waals surface area contributed by atoms with Crippen molar-refractivity contribution in [3.05, 3.63) is 29.3 Å². The van der Waals surface area contributed by atoms with Crippen LogP contribution in [0.1, 0.15) is 18.9 Å². The summed E-state index contributed by atoms with van der Waals surface area (Å²) in [6, 6.07) is -0.249. The molecule has 1 aliphatic rings. The summed E-state index contributed by atoms with van der Waals surface area (Å²) in [6.45, 7) is 3.16. The standard InChI is InChI=1S/C12H18N5O11P3/c1-2-12(5-26-30(22,23)28-31(24,25)27-29(19,20)21)3-7(4-12)17-6-14-8-9(17)15-11(13)16-10(8)18/h2,6-7H,1,3-5H2,(H,22,23)(H,24,25)(H2,19,20,21)(H3,13,15,16,18). The van der Waals surface area contributed by atoms with Gasteiger partial charge in [0.1, 0.15) is 0 Å². The minimum atomic E-state index is -5.60. The van der Waals surface area contributed by atoms with Crippen LogP contribution >= 0.6 is 23.5 Å². The van der Waals surface area contributed by atoms with Crippen molar-refractivity contribution in [1.82, 2.24) is 19.5 Å². The molecule has 19 heteroatoms. The Bertz CT molecular complexity index is 1210. The molecule has 0 amide bonds. The molecule has 172 valence electrons. The van der Waals surface area contributed by atoms with Crippen LogP contribution in [0.5, 0.6) is 0 Å². The van der Waals surface area contributed by atoms with Crippen LogP contribution in [0.2, 0.25) is 0 Å². The van der Waals surface area contributed by atoms with E-state index in [2.05, 4.69) is 30.2 Å². The van der Waals surface area contributed by atoms with E-state index < -0.39 is 41.0 Å². The predicted octanol–water partition coefficient (Wildman–Crippen LogP) is 0.552. The summed E-state index contributed by atoms with van der Waals surface area (Å²) in [7, 11) is -16.3. The van der Waals surface area contributed by atoms with Gasteiger partial charge in [-0.15, -0.1) is 6.58 Å². The van der Waals surface area contributed by atoms with E-state index >= 15 is 0 Å². The second kappa shape index (κ2) is 8.01. The predicted molar refractivity (Wildman–Crippen MR) is 103 cm³/mol. The van der Waals surface area contributed by atoms with Crippen molar-refractivity contribution in [2.75, 3.05) is 12.3 Å². The number of hydrogen-bond donors (Lipinski definition) is 6. The quantitative estimate of drug-likeness (QED) is 0.203. The monoisotopic (exact) mass is 501 g/mol. The zero-order chi connectivity index (χ0) is 23.2. The summed E-state index contributed by atoms with van der Waals surface area (Å²) in [4.78, 5) is 58.1. The highest BCUT2D eigenvalue weighted by Gasteiger charge is 2.47. The minimum Gasteiger partial charge on any atom is -0.369 e. The van der Waals surface area contributed by atoms with Crippen molar-refractivity contribution >= 4 is 40.6 Å². The Labute approximate surface area is 173 Å². The van der Waals surface area contributed by atoms with Gasteiger partial charge in [-0.2, -0.15) is 13.6 Å². The van der Waals surface area contributed by atoms with Gasteiger partial charge in [-0.3, -0.25) is 14.3 Å². The maximum absolute atomic E-state index is 11.9. The van der Waals surface area contributed by atoms with E-state index in [1.54, 1.807) is 4.57 Å². The number of H-pyrrole nitrogens is 1. The van der Waals surface area contributed by atoms with Gasteiger partial charge in [0.25, 0.3) is 5.56 Å². The van der Waals surface area contributed by atoms with Gasteiger partial charge in [-0.1, -0.05) is 6.08 Å². The number of phosphoric acid groups is 3. The maximum atomic E-state index is 11.9. The molecular formula is C12H18N5O11P3. The van der Waals surface area contributed by atoms with Crippen molar-refractivity contribution in [2.45, 2.75) is 18.9 Å². The molecule has 0 saturated heterocycles. The number of nitrogens with one attached hydrogen (secondary N) is 1. The van der Waals surface area contributed by atoms with E-state index in [0.717, 1.165) is 0 Å². The molecule has 1 fully saturated rings. The fraction of sp³-hybridized carbons (Fsp3) is 0.417. The average Bonchev–Trinajstić information content (AvgIpc) is 2.94. The number of rotatable bonds is 9. The Hall–Kier alpha value is -1.70. The van der Waals surface area contributed by atoms with Gasteiger partial charge in [-0.05, 0) is 12.8 Å². The average molecular weight is 501 g/mol. The smallest absolute Gasteiger partial charge is 0.369 e. The zero-order valence-electron chi connectivity index (χ0n) is 15.5. The highest BCUT2D eigenvalue weighted by atomic mass is 31.3. The molecule has 0 radical (unpaired) electrons. The van der Waals surface area contributed by atoms with Crippen LogP contribution in [0.3, 0.4) is 0 Å². The molecule has 2 unspecified atom stereocenters. The van der Waals surface area contributed by atoms with Gasteiger partial charge in [-0.25, -0.2) is 18.7 Å². The van der Waals surface area contributed by atoms with E-state index in [4.69, 9.17) is 20.0 Å². The molecule has 2 aromatic heterocycles. The fourth-order valence-electron chi connectivity index (χ4n) is 3.14. The van der Waals surface area contributed by atoms with Crippen molar-refractivity contribution in [2.24, 2.45) is 5.41 Å². The number of anilines is 1. The lowest BCUT2D eigenvalue weighted by Gasteiger charge is -2.46. The fourth-order valence-corrected chi connectivity index (χ4v) is 6.26. The van der Waals surface area contributed by atoms with Crippen LogP contribution in [-0.4, -0.2) is 45.7 Å². The maximum Gasteiger partial charge on any atom is 0.490 e.